The predicted octanol–water partition coefficient (Wildman–Crippen LogP) is 0.942. The quantitative estimate of drug-likeness (QED) is 0.601. The number of anilines is 1. The van der Waals surface area contributed by atoms with Crippen molar-refractivity contribution in [2.75, 3.05) is 25.0 Å². The standard InChI is InChI=1S/C18H21N3O4S/c22-17(21-15-6-2-1-3-7-15)14-5-4-8-16(11-14)26(24,25)20-13-18(23)9-10-19-12-18/h1-8,11,19-20,23H,9-10,12-13H2,(H,21,22). The molecule has 138 valence electrons. The van der Waals surface area contributed by atoms with E-state index >= 15 is 0 Å². The van der Waals surface area contributed by atoms with Crippen molar-refractivity contribution in [3.05, 3.63) is 60.2 Å². The van der Waals surface area contributed by atoms with Gasteiger partial charge in [0.15, 0.2) is 0 Å². The van der Waals surface area contributed by atoms with Crippen molar-refractivity contribution in [3.63, 3.8) is 0 Å². The number of benzene rings is 2. The van der Waals surface area contributed by atoms with Gasteiger partial charge in [-0.2, -0.15) is 0 Å². The number of carbonyl (C=O) groups is 1. The summed E-state index contributed by atoms with van der Waals surface area (Å²) in [6.07, 6.45) is 0.481. The molecule has 1 atom stereocenters. The maximum absolute atomic E-state index is 12.5. The highest BCUT2D eigenvalue weighted by molar-refractivity contribution is 7.89. The Hall–Kier alpha value is -2.26. The summed E-state index contributed by atoms with van der Waals surface area (Å²) in [5.74, 6) is -0.396. The first-order chi connectivity index (χ1) is 12.4. The molecule has 1 unspecified atom stereocenters. The number of amides is 1. The molecule has 1 aliphatic rings. The third kappa shape index (κ3) is 4.47. The molecule has 7 nitrogen and oxygen atoms in total. The van der Waals surface area contributed by atoms with E-state index in [1.165, 1.54) is 18.2 Å². The average molecular weight is 375 g/mol. The molecule has 26 heavy (non-hydrogen) atoms. The summed E-state index contributed by atoms with van der Waals surface area (Å²) in [5.41, 5.74) is -0.229. The van der Waals surface area contributed by atoms with Crippen molar-refractivity contribution in [1.82, 2.24) is 10.0 Å². The van der Waals surface area contributed by atoms with E-state index in [0.717, 1.165) is 0 Å². The topological polar surface area (TPSA) is 108 Å². The Morgan fingerprint density at radius 2 is 1.92 bits per heavy atom. The molecule has 1 saturated heterocycles. The Morgan fingerprint density at radius 1 is 1.15 bits per heavy atom. The van der Waals surface area contributed by atoms with Gasteiger partial charge in [0.2, 0.25) is 10.0 Å². The molecule has 2 aromatic rings. The number of β-amino-alcohol motifs (C(OH)–C–C–N with tert-alkyl or cyclic N) is 1. The molecule has 0 bridgehead atoms. The molecule has 0 aromatic heterocycles. The Balaban J connectivity index is 1.72. The SMILES string of the molecule is O=C(Nc1ccccc1)c1cccc(S(=O)(=O)NCC2(O)CCNC2)c1. The number of rotatable bonds is 6. The van der Waals surface area contributed by atoms with Crippen LogP contribution < -0.4 is 15.4 Å². The minimum Gasteiger partial charge on any atom is -0.387 e. The van der Waals surface area contributed by atoms with Crippen LogP contribution >= 0.6 is 0 Å². The van der Waals surface area contributed by atoms with Crippen LogP contribution in [0.3, 0.4) is 0 Å². The predicted molar refractivity (Wildman–Crippen MR) is 98.5 cm³/mol. The molecule has 0 aliphatic carbocycles. The van der Waals surface area contributed by atoms with E-state index in [9.17, 15) is 18.3 Å². The third-order valence-corrected chi connectivity index (χ3v) is 5.65. The van der Waals surface area contributed by atoms with Gasteiger partial charge in [0.05, 0.1) is 10.5 Å². The van der Waals surface area contributed by atoms with Gasteiger partial charge in [0.25, 0.3) is 5.91 Å². The Bertz CT molecular complexity index is 878. The largest absolute Gasteiger partial charge is 0.387 e. The van der Waals surface area contributed by atoms with Crippen LogP contribution in [0.15, 0.2) is 59.5 Å². The van der Waals surface area contributed by atoms with E-state index in [0.29, 0.717) is 25.2 Å². The van der Waals surface area contributed by atoms with Crippen LogP contribution in [0.25, 0.3) is 0 Å². The summed E-state index contributed by atoms with van der Waals surface area (Å²) >= 11 is 0. The second kappa shape index (κ2) is 7.55. The molecule has 4 N–H and O–H groups in total. The van der Waals surface area contributed by atoms with Crippen LogP contribution in [0.2, 0.25) is 0 Å². The van der Waals surface area contributed by atoms with Gasteiger partial charge in [-0.05, 0) is 43.3 Å². The van der Waals surface area contributed by atoms with Crippen molar-refractivity contribution < 1.29 is 18.3 Å². The van der Waals surface area contributed by atoms with E-state index in [1.54, 1.807) is 30.3 Å². The van der Waals surface area contributed by atoms with Gasteiger partial charge >= 0.3 is 0 Å². The molecular formula is C18H21N3O4S. The number of carbonyl (C=O) groups excluding carboxylic acids is 1. The zero-order valence-electron chi connectivity index (χ0n) is 14.1. The second-order valence-corrected chi connectivity index (χ2v) is 8.09. The smallest absolute Gasteiger partial charge is 0.255 e. The summed E-state index contributed by atoms with van der Waals surface area (Å²) in [4.78, 5) is 12.3. The highest BCUT2D eigenvalue weighted by Crippen LogP contribution is 2.17. The molecule has 0 spiro atoms. The zero-order chi connectivity index (χ0) is 18.6. The monoisotopic (exact) mass is 375 g/mol. The first-order valence-electron chi connectivity index (χ1n) is 8.27. The summed E-state index contributed by atoms with van der Waals surface area (Å²) in [7, 11) is -3.83. The van der Waals surface area contributed by atoms with E-state index in [2.05, 4.69) is 15.4 Å². The molecule has 2 aromatic carbocycles. The summed E-state index contributed by atoms with van der Waals surface area (Å²) in [5, 5.41) is 16.0. The van der Waals surface area contributed by atoms with Crippen LogP contribution in [0.1, 0.15) is 16.8 Å². The van der Waals surface area contributed by atoms with Crippen molar-refractivity contribution >= 4 is 21.6 Å². The molecule has 1 fully saturated rings. The van der Waals surface area contributed by atoms with Crippen LogP contribution in [-0.2, 0) is 10.0 Å². The van der Waals surface area contributed by atoms with Gasteiger partial charge in [-0.1, -0.05) is 24.3 Å². The summed E-state index contributed by atoms with van der Waals surface area (Å²) in [6.45, 7) is 0.908. The van der Waals surface area contributed by atoms with Gasteiger partial charge < -0.3 is 15.7 Å². The lowest BCUT2D eigenvalue weighted by atomic mass is 10.1. The summed E-state index contributed by atoms with van der Waals surface area (Å²) < 4.78 is 27.4. The first kappa shape index (κ1) is 18.5. The van der Waals surface area contributed by atoms with Gasteiger partial charge in [-0.3, -0.25) is 4.79 Å². The summed E-state index contributed by atoms with van der Waals surface area (Å²) in [6, 6.07) is 14.7. The van der Waals surface area contributed by atoms with E-state index in [4.69, 9.17) is 0 Å². The zero-order valence-corrected chi connectivity index (χ0v) is 14.9. The third-order valence-electron chi connectivity index (χ3n) is 4.25. The Morgan fingerprint density at radius 3 is 2.62 bits per heavy atom. The number of sulfonamides is 1. The van der Waals surface area contributed by atoms with Crippen molar-refractivity contribution in [3.8, 4) is 0 Å². The van der Waals surface area contributed by atoms with Crippen molar-refractivity contribution in [1.29, 1.82) is 0 Å². The second-order valence-electron chi connectivity index (χ2n) is 6.32. The van der Waals surface area contributed by atoms with Crippen molar-refractivity contribution in [2.45, 2.75) is 16.9 Å². The minimum atomic E-state index is -3.83. The maximum Gasteiger partial charge on any atom is 0.255 e. The molecular weight excluding hydrogens is 354 g/mol. The van der Waals surface area contributed by atoms with E-state index in [-0.39, 0.29) is 17.0 Å². The van der Waals surface area contributed by atoms with E-state index in [1.807, 2.05) is 6.07 Å². The number of hydrogen-bond donors (Lipinski definition) is 4. The van der Waals surface area contributed by atoms with Crippen LogP contribution in [-0.4, -0.2) is 44.7 Å². The lowest BCUT2D eigenvalue weighted by molar-refractivity contribution is 0.0667. The average Bonchev–Trinajstić information content (AvgIpc) is 3.08. The van der Waals surface area contributed by atoms with Crippen LogP contribution in [0.4, 0.5) is 5.69 Å². The lowest BCUT2D eigenvalue weighted by Gasteiger charge is -2.21. The van der Waals surface area contributed by atoms with Gasteiger partial charge in [-0.15, -0.1) is 0 Å². The molecule has 8 heteroatoms. The highest BCUT2D eigenvalue weighted by Gasteiger charge is 2.32. The normalized spacial score (nSPS) is 20.0. The van der Waals surface area contributed by atoms with Crippen molar-refractivity contribution in [2.24, 2.45) is 0 Å². The van der Waals surface area contributed by atoms with E-state index < -0.39 is 21.5 Å². The molecule has 1 aliphatic heterocycles. The van der Waals surface area contributed by atoms with Crippen LogP contribution in [0.5, 0.6) is 0 Å². The first-order valence-corrected chi connectivity index (χ1v) is 9.76. The molecule has 1 amide bonds. The highest BCUT2D eigenvalue weighted by atomic mass is 32.2. The molecule has 1 heterocycles. The molecule has 3 rings (SSSR count). The molecule has 0 radical (unpaired) electrons. The van der Waals surface area contributed by atoms with Crippen LogP contribution in [0, 0.1) is 0 Å². The maximum atomic E-state index is 12.5. The fourth-order valence-corrected chi connectivity index (χ4v) is 3.89. The number of nitrogens with one attached hydrogen (secondary N) is 3. The molecule has 0 saturated carbocycles. The fraction of sp³-hybridized carbons (Fsp3) is 0.278. The number of hydrogen-bond acceptors (Lipinski definition) is 5. The lowest BCUT2D eigenvalue weighted by Crippen LogP contribution is -2.44. The number of para-hydroxylation sites is 1. The van der Waals surface area contributed by atoms with Gasteiger partial charge in [0.1, 0.15) is 0 Å². The number of aliphatic hydroxyl groups is 1. The van der Waals surface area contributed by atoms with Gasteiger partial charge in [0, 0.05) is 24.3 Å². The minimum absolute atomic E-state index is 0.0206. The fourth-order valence-electron chi connectivity index (χ4n) is 2.72. The Labute approximate surface area is 152 Å². The van der Waals surface area contributed by atoms with Gasteiger partial charge in [-0.25, -0.2) is 13.1 Å². The Kier molecular flexibility index (Phi) is 5.38.